The molecule has 3 rings (SSSR count). The van der Waals surface area contributed by atoms with Gasteiger partial charge in [-0.1, -0.05) is 29.8 Å². The van der Waals surface area contributed by atoms with Gasteiger partial charge in [0.05, 0.1) is 12.0 Å². The molecule has 0 bridgehead atoms. The van der Waals surface area contributed by atoms with E-state index in [9.17, 15) is 4.79 Å². The summed E-state index contributed by atoms with van der Waals surface area (Å²) < 4.78 is 5.92. The predicted molar refractivity (Wildman–Crippen MR) is 96.0 cm³/mol. The molecule has 0 unspecified atom stereocenters. The molecule has 2 heterocycles. The zero-order valence-corrected chi connectivity index (χ0v) is 15.1. The molecule has 0 spiro atoms. The summed E-state index contributed by atoms with van der Waals surface area (Å²) in [5.41, 5.74) is 0.990. The van der Waals surface area contributed by atoms with E-state index in [0.29, 0.717) is 24.1 Å². The topological polar surface area (TPSA) is 41.6 Å². The zero-order valence-electron chi connectivity index (χ0n) is 14.3. The van der Waals surface area contributed by atoms with Gasteiger partial charge < -0.3 is 15.0 Å². The van der Waals surface area contributed by atoms with Crippen LogP contribution >= 0.6 is 11.6 Å². The van der Waals surface area contributed by atoms with E-state index < -0.39 is 0 Å². The lowest BCUT2D eigenvalue weighted by molar-refractivity contribution is -0.136. The van der Waals surface area contributed by atoms with E-state index in [1.165, 1.54) is 12.8 Å². The summed E-state index contributed by atoms with van der Waals surface area (Å²) >= 11 is 6.22. The first-order valence-electron chi connectivity index (χ1n) is 8.96. The summed E-state index contributed by atoms with van der Waals surface area (Å²) in [4.78, 5) is 14.7. The number of hydrogen-bond acceptors (Lipinski definition) is 3. The number of nitrogens with zero attached hydrogens (tertiary/aromatic N) is 1. The lowest BCUT2D eigenvalue weighted by Crippen LogP contribution is -2.38. The molecule has 1 aromatic rings. The van der Waals surface area contributed by atoms with E-state index in [2.05, 4.69) is 5.32 Å². The second-order valence-electron chi connectivity index (χ2n) is 7.02. The summed E-state index contributed by atoms with van der Waals surface area (Å²) in [5.74, 6) is 0.859. The van der Waals surface area contributed by atoms with Crippen LogP contribution in [0.3, 0.4) is 0 Å². The smallest absolute Gasteiger partial charge is 0.228 e. The average molecular weight is 351 g/mol. The van der Waals surface area contributed by atoms with Gasteiger partial charge in [-0.3, -0.25) is 4.79 Å². The van der Waals surface area contributed by atoms with Crippen LogP contribution < -0.4 is 5.32 Å². The predicted octanol–water partition coefficient (Wildman–Crippen LogP) is 3.09. The van der Waals surface area contributed by atoms with Gasteiger partial charge in [0.25, 0.3) is 0 Å². The van der Waals surface area contributed by atoms with E-state index in [-0.39, 0.29) is 17.9 Å². The Balaban J connectivity index is 1.59. The number of piperidine rings is 1. The molecule has 0 aliphatic carbocycles. The molecule has 132 valence electrons. The molecule has 1 aromatic carbocycles. The van der Waals surface area contributed by atoms with Crippen LogP contribution in [0.1, 0.15) is 31.2 Å². The number of amides is 1. The van der Waals surface area contributed by atoms with Crippen LogP contribution in [0.2, 0.25) is 5.02 Å². The number of benzene rings is 1. The Labute approximate surface area is 149 Å². The Morgan fingerprint density at radius 3 is 2.79 bits per heavy atom. The van der Waals surface area contributed by atoms with Crippen molar-refractivity contribution in [3.05, 3.63) is 34.9 Å². The van der Waals surface area contributed by atoms with E-state index in [1.807, 2.05) is 31.3 Å². The number of nitrogens with one attached hydrogen (secondary N) is 1. The van der Waals surface area contributed by atoms with Crippen LogP contribution in [0, 0.1) is 11.8 Å². The Kier molecular flexibility index (Phi) is 6.14. The SMILES string of the molecule is CN(Cc1ccccc1Cl)C(=O)[C@@H]1CCO[C@@H]1CC1CCNCC1. The monoisotopic (exact) mass is 350 g/mol. The molecule has 5 heteroatoms. The number of halogens is 1. The van der Waals surface area contributed by atoms with Crippen molar-refractivity contribution in [1.82, 2.24) is 10.2 Å². The molecular formula is C19H27ClN2O2. The van der Waals surface area contributed by atoms with Crippen LogP contribution in [0.25, 0.3) is 0 Å². The molecule has 4 nitrogen and oxygen atoms in total. The van der Waals surface area contributed by atoms with Crippen molar-refractivity contribution in [1.29, 1.82) is 0 Å². The van der Waals surface area contributed by atoms with Gasteiger partial charge in [0, 0.05) is 25.2 Å². The standard InChI is InChI=1S/C19H27ClN2O2/c1-22(13-15-4-2-3-5-17(15)20)19(23)16-8-11-24-18(16)12-14-6-9-21-10-7-14/h2-5,14,16,18,21H,6-13H2,1H3/t16-,18-/m1/s1. The number of ether oxygens (including phenoxy) is 1. The first-order valence-corrected chi connectivity index (χ1v) is 9.33. The maximum atomic E-state index is 12.9. The number of hydrogen-bond donors (Lipinski definition) is 1. The summed E-state index contributed by atoms with van der Waals surface area (Å²) in [5, 5.41) is 4.11. The fourth-order valence-electron chi connectivity index (χ4n) is 3.85. The first-order chi connectivity index (χ1) is 11.6. The summed E-state index contributed by atoms with van der Waals surface area (Å²) in [6, 6.07) is 7.71. The third-order valence-electron chi connectivity index (χ3n) is 5.29. The van der Waals surface area contributed by atoms with Crippen LogP contribution in [-0.2, 0) is 16.1 Å². The molecule has 0 radical (unpaired) electrons. The van der Waals surface area contributed by atoms with Crippen molar-refractivity contribution in [2.75, 3.05) is 26.7 Å². The molecule has 2 aliphatic rings. The highest BCUT2D eigenvalue weighted by Crippen LogP contribution is 2.31. The number of carbonyl (C=O) groups excluding carboxylic acids is 1. The highest BCUT2D eigenvalue weighted by atomic mass is 35.5. The third kappa shape index (κ3) is 4.29. The quantitative estimate of drug-likeness (QED) is 0.887. The van der Waals surface area contributed by atoms with E-state index in [4.69, 9.17) is 16.3 Å². The molecule has 2 atom stereocenters. The second kappa shape index (κ2) is 8.32. The van der Waals surface area contributed by atoms with Crippen molar-refractivity contribution in [3.63, 3.8) is 0 Å². The fourth-order valence-corrected chi connectivity index (χ4v) is 4.05. The van der Waals surface area contributed by atoms with Gasteiger partial charge in [-0.25, -0.2) is 0 Å². The third-order valence-corrected chi connectivity index (χ3v) is 5.66. The largest absolute Gasteiger partial charge is 0.377 e. The van der Waals surface area contributed by atoms with Gasteiger partial charge >= 0.3 is 0 Å². The Bertz CT molecular complexity index is 560. The van der Waals surface area contributed by atoms with E-state index in [1.54, 1.807) is 4.90 Å². The van der Waals surface area contributed by atoms with Gasteiger partial charge in [-0.2, -0.15) is 0 Å². The van der Waals surface area contributed by atoms with Crippen molar-refractivity contribution >= 4 is 17.5 Å². The maximum absolute atomic E-state index is 12.9. The minimum absolute atomic E-state index is 0.00706. The fraction of sp³-hybridized carbons (Fsp3) is 0.632. The Morgan fingerprint density at radius 2 is 2.04 bits per heavy atom. The lowest BCUT2D eigenvalue weighted by atomic mass is 9.87. The molecule has 2 fully saturated rings. The van der Waals surface area contributed by atoms with Gasteiger partial charge in [0.1, 0.15) is 0 Å². The zero-order chi connectivity index (χ0) is 16.9. The highest BCUT2D eigenvalue weighted by Gasteiger charge is 2.37. The lowest BCUT2D eigenvalue weighted by Gasteiger charge is -2.29. The minimum atomic E-state index is -0.00706. The van der Waals surface area contributed by atoms with Gasteiger partial charge in [-0.15, -0.1) is 0 Å². The van der Waals surface area contributed by atoms with Crippen LogP contribution in [0.4, 0.5) is 0 Å². The van der Waals surface area contributed by atoms with Crippen molar-refractivity contribution in [3.8, 4) is 0 Å². The van der Waals surface area contributed by atoms with E-state index >= 15 is 0 Å². The van der Waals surface area contributed by atoms with Crippen molar-refractivity contribution in [2.24, 2.45) is 11.8 Å². The number of rotatable bonds is 5. The first kappa shape index (κ1) is 17.7. The Hall–Kier alpha value is -1.10. The average Bonchev–Trinajstić information content (AvgIpc) is 3.05. The normalized spacial score (nSPS) is 24.9. The van der Waals surface area contributed by atoms with Gasteiger partial charge in [0.15, 0.2) is 0 Å². The summed E-state index contributed by atoms with van der Waals surface area (Å²) in [6.07, 6.45) is 4.31. The molecule has 2 saturated heterocycles. The second-order valence-corrected chi connectivity index (χ2v) is 7.43. The Morgan fingerprint density at radius 1 is 1.29 bits per heavy atom. The number of carbonyl (C=O) groups is 1. The molecule has 0 saturated carbocycles. The molecule has 1 amide bonds. The van der Waals surface area contributed by atoms with E-state index in [0.717, 1.165) is 31.5 Å². The maximum Gasteiger partial charge on any atom is 0.228 e. The van der Waals surface area contributed by atoms with Crippen LogP contribution in [0.5, 0.6) is 0 Å². The molecule has 24 heavy (non-hydrogen) atoms. The van der Waals surface area contributed by atoms with Crippen LogP contribution in [0.15, 0.2) is 24.3 Å². The molecular weight excluding hydrogens is 324 g/mol. The summed E-state index contributed by atoms with van der Waals surface area (Å²) in [7, 11) is 1.87. The van der Waals surface area contributed by atoms with Gasteiger partial charge in [0.2, 0.25) is 5.91 Å². The van der Waals surface area contributed by atoms with Crippen molar-refractivity contribution < 1.29 is 9.53 Å². The molecule has 2 aliphatic heterocycles. The van der Waals surface area contributed by atoms with Crippen LogP contribution in [-0.4, -0.2) is 43.7 Å². The van der Waals surface area contributed by atoms with Gasteiger partial charge in [-0.05, 0) is 56.3 Å². The molecule has 1 N–H and O–H groups in total. The highest BCUT2D eigenvalue weighted by molar-refractivity contribution is 6.31. The minimum Gasteiger partial charge on any atom is -0.377 e. The van der Waals surface area contributed by atoms with Crippen molar-refractivity contribution in [2.45, 2.75) is 38.3 Å². The molecule has 0 aromatic heterocycles. The summed E-state index contributed by atoms with van der Waals surface area (Å²) in [6.45, 7) is 3.42.